The first-order valence-electron chi connectivity index (χ1n) is 11.5. The molecular weight excluding hydrogens is 506 g/mol. The zero-order valence-corrected chi connectivity index (χ0v) is 21.0. The highest BCUT2D eigenvalue weighted by Gasteiger charge is 2.25. The van der Waals surface area contributed by atoms with Crippen molar-refractivity contribution in [3.05, 3.63) is 64.4 Å². The Kier molecular flexibility index (Phi) is 8.29. The Morgan fingerprint density at radius 2 is 2.08 bits per heavy atom. The number of morpholine rings is 1. The summed E-state index contributed by atoms with van der Waals surface area (Å²) in [5.41, 5.74) is 1.26. The fourth-order valence-electron chi connectivity index (χ4n) is 3.77. The number of rotatable bonds is 8. The Morgan fingerprint density at radius 1 is 1.27 bits per heavy atom. The highest BCUT2D eigenvalue weighted by atomic mass is 32.1. The molecule has 1 aliphatic heterocycles. The van der Waals surface area contributed by atoms with Gasteiger partial charge in [0.2, 0.25) is 0 Å². The fourth-order valence-corrected chi connectivity index (χ4v) is 4.53. The molecule has 0 spiro atoms. The first-order valence-corrected chi connectivity index (χ1v) is 12.4. The minimum Gasteiger partial charge on any atom is -0.491 e. The molecule has 1 fully saturated rings. The van der Waals surface area contributed by atoms with Crippen LogP contribution in [0.2, 0.25) is 0 Å². The number of aromatic nitrogens is 2. The van der Waals surface area contributed by atoms with Gasteiger partial charge in [0.15, 0.2) is 0 Å². The van der Waals surface area contributed by atoms with Crippen molar-refractivity contribution in [2.75, 3.05) is 26.3 Å². The third-order valence-electron chi connectivity index (χ3n) is 5.76. The Balaban J connectivity index is 1.52. The average Bonchev–Trinajstić information content (AvgIpc) is 3.33. The number of halogens is 2. The Labute approximate surface area is 216 Å². The van der Waals surface area contributed by atoms with Gasteiger partial charge in [0.05, 0.1) is 19.2 Å². The zero-order valence-electron chi connectivity index (χ0n) is 20.2. The summed E-state index contributed by atoms with van der Waals surface area (Å²) in [6.45, 7) is 4.52. The molecule has 0 saturated carbocycles. The lowest BCUT2D eigenvalue weighted by atomic mass is 10.1. The van der Waals surface area contributed by atoms with Gasteiger partial charge in [-0.15, -0.1) is 11.3 Å². The third kappa shape index (κ3) is 6.77. The molecule has 3 aromatic rings. The lowest BCUT2D eigenvalue weighted by Crippen LogP contribution is -2.47. The van der Waals surface area contributed by atoms with Crippen LogP contribution < -0.4 is 10.1 Å². The van der Waals surface area contributed by atoms with E-state index in [0.717, 1.165) is 4.88 Å². The van der Waals surface area contributed by atoms with Crippen LogP contribution in [-0.4, -0.2) is 64.4 Å². The van der Waals surface area contributed by atoms with Crippen molar-refractivity contribution in [3.8, 4) is 16.3 Å². The van der Waals surface area contributed by atoms with Crippen LogP contribution in [0.25, 0.3) is 10.6 Å². The van der Waals surface area contributed by atoms with Crippen LogP contribution in [0.5, 0.6) is 5.75 Å². The van der Waals surface area contributed by atoms with Gasteiger partial charge in [-0.3, -0.25) is 9.78 Å². The molecule has 2 N–H and O–H groups in total. The molecule has 2 atom stereocenters. The summed E-state index contributed by atoms with van der Waals surface area (Å²) in [5.74, 6) is 0.0125. The van der Waals surface area contributed by atoms with E-state index in [9.17, 15) is 23.5 Å². The van der Waals surface area contributed by atoms with Gasteiger partial charge in [-0.05, 0) is 43.7 Å². The zero-order chi connectivity index (χ0) is 26.5. The number of aryl methyl sites for hydroxylation is 1. The summed E-state index contributed by atoms with van der Waals surface area (Å²) in [5, 5.41) is 12.8. The Bertz CT molecular complexity index is 1250. The van der Waals surface area contributed by atoms with Gasteiger partial charge in [0, 0.05) is 34.9 Å². The minimum absolute atomic E-state index is 0.101. The van der Waals surface area contributed by atoms with E-state index >= 15 is 0 Å². The summed E-state index contributed by atoms with van der Waals surface area (Å²) >= 11 is 1.47. The number of hydrogen-bond donors (Lipinski definition) is 2. The molecule has 9 nitrogen and oxygen atoms in total. The van der Waals surface area contributed by atoms with Gasteiger partial charge in [-0.25, -0.2) is 18.6 Å². The van der Waals surface area contributed by atoms with Crippen molar-refractivity contribution >= 4 is 23.3 Å². The van der Waals surface area contributed by atoms with Crippen molar-refractivity contribution in [2.45, 2.75) is 32.4 Å². The smallest absolute Gasteiger partial charge is 0.407 e. The van der Waals surface area contributed by atoms with E-state index in [1.54, 1.807) is 31.3 Å². The highest BCUT2D eigenvalue weighted by Crippen LogP contribution is 2.30. The van der Waals surface area contributed by atoms with Crippen molar-refractivity contribution in [2.24, 2.45) is 0 Å². The SMILES string of the molecule is Cc1cnc(-c2cc(OC[C@H]3CN(C(=O)O)CCO3)cc(C(=O)N[C@H](C)c3ccc(C(F)F)nc3)c2)s1. The second-order valence-corrected chi connectivity index (χ2v) is 9.80. The van der Waals surface area contributed by atoms with Crippen molar-refractivity contribution in [1.82, 2.24) is 20.2 Å². The molecule has 4 rings (SSSR count). The molecule has 0 aliphatic carbocycles. The van der Waals surface area contributed by atoms with Crippen LogP contribution in [0, 0.1) is 6.92 Å². The van der Waals surface area contributed by atoms with E-state index in [2.05, 4.69) is 15.3 Å². The van der Waals surface area contributed by atoms with Crippen LogP contribution in [0.1, 0.15) is 45.9 Å². The number of carbonyl (C=O) groups excluding carboxylic acids is 1. The van der Waals surface area contributed by atoms with E-state index in [1.165, 1.54) is 34.6 Å². The Hall–Kier alpha value is -3.64. The van der Waals surface area contributed by atoms with Gasteiger partial charge in [-0.1, -0.05) is 6.07 Å². The van der Waals surface area contributed by atoms with E-state index < -0.39 is 30.6 Å². The monoisotopic (exact) mass is 532 g/mol. The fraction of sp³-hybridized carbons (Fsp3) is 0.360. The summed E-state index contributed by atoms with van der Waals surface area (Å²) in [6.07, 6.45) is -1.07. The highest BCUT2D eigenvalue weighted by molar-refractivity contribution is 7.14. The number of pyridine rings is 1. The van der Waals surface area contributed by atoms with Gasteiger partial charge in [0.1, 0.15) is 29.2 Å². The van der Waals surface area contributed by atoms with Crippen molar-refractivity contribution in [3.63, 3.8) is 0 Å². The molecule has 12 heteroatoms. The summed E-state index contributed by atoms with van der Waals surface area (Å²) < 4.78 is 37.2. The predicted molar refractivity (Wildman–Crippen MR) is 132 cm³/mol. The van der Waals surface area contributed by atoms with Gasteiger partial charge in [0.25, 0.3) is 12.3 Å². The van der Waals surface area contributed by atoms with Crippen LogP contribution >= 0.6 is 11.3 Å². The number of benzene rings is 1. The first-order chi connectivity index (χ1) is 17.7. The van der Waals surface area contributed by atoms with Gasteiger partial charge in [-0.2, -0.15) is 0 Å². The molecule has 1 saturated heterocycles. The number of nitrogens with zero attached hydrogens (tertiary/aromatic N) is 3. The molecule has 0 radical (unpaired) electrons. The molecular formula is C25H26F2N4O5S. The maximum absolute atomic E-state index is 13.1. The van der Waals surface area contributed by atoms with Gasteiger partial charge < -0.3 is 24.8 Å². The van der Waals surface area contributed by atoms with Crippen LogP contribution in [0.15, 0.2) is 42.7 Å². The first kappa shape index (κ1) is 26.4. The van der Waals surface area contributed by atoms with Crippen LogP contribution in [0.3, 0.4) is 0 Å². The maximum atomic E-state index is 13.1. The van der Waals surface area contributed by atoms with E-state index in [1.807, 2.05) is 6.92 Å². The second kappa shape index (κ2) is 11.6. The van der Waals surface area contributed by atoms with E-state index in [0.29, 0.717) is 34.0 Å². The summed E-state index contributed by atoms with van der Waals surface area (Å²) in [4.78, 5) is 34.9. The molecule has 3 heterocycles. The molecule has 0 unspecified atom stereocenters. The van der Waals surface area contributed by atoms with E-state index in [4.69, 9.17) is 9.47 Å². The number of carboxylic acid groups (broad SMARTS) is 1. The topological polar surface area (TPSA) is 114 Å². The number of nitrogens with one attached hydrogen (secondary N) is 1. The normalized spacial score (nSPS) is 16.5. The summed E-state index contributed by atoms with van der Waals surface area (Å²) in [6, 6.07) is 7.31. The quantitative estimate of drug-likeness (QED) is 0.432. The number of alkyl halides is 2. The van der Waals surface area contributed by atoms with E-state index in [-0.39, 0.29) is 25.5 Å². The lowest BCUT2D eigenvalue weighted by Gasteiger charge is -2.30. The summed E-state index contributed by atoms with van der Waals surface area (Å²) in [7, 11) is 0. The standard InChI is InChI=1S/C25H26F2N4O5S/c1-14-10-29-24(37-14)18-7-17(23(32)30-15(2)16-3-4-21(22(26)27)28-11-16)8-19(9-18)36-13-20-12-31(25(33)34)5-6-35-20/h3-4,7-11,15,20,22H,5-6,12-13H2,1-2H3,(H,30,32)(H,33,34)/t15-,20-/m1/s1. The van der Waals surface area contributed by atoms with Crippen LogP contribution in [-0.2, 0) is 4.74 Å². The largest absolute Gasteiger partial charge is 0.491 e. The predicted octanol–water partition coefficient (Wildman–Crippen LogP) is 4.70. The minimum atomic E-state index is -2.67. The Morgan fingerprint density at radius 3 is 2.73 bits per heavy atom. The number of hydrogen-bond acceptors (Lipinski definition) is 7. The maximum Gasteiger partial charge on any atom is 0.407 e. The molecule has 1 aromatic carbocycles. The number of ether oxygens (including phenoxy) is 2. The second-order valence-electron chi connectivity index (χ2n) is 8.57. The van der Waals surface area contributed by atoms with Crippen LogP contribution in [0.4, 0.5) is 13.6 Å². The molecule has 196 valence electrons. The molecule has 2 amide bonds. The number of thiazole rings is 1. The molecule has 37 heavy (non-hydrogen) atoms. The van der Waals surface area contributed by atoms with Crippen molar-refractivity contribution in [1.29, 1.82) is 0 Å². The molecule has 0 bridgehead atoms. The molecule has 2 aromatic heterocycles. The lowest BCUT2D eigenvalue weighted by molar-refractivity contribution is -0.0412. The molecule has 1 aliphatic rings. The average molecular weight is 533 g/mol. The van der Waals surface area contributed by atoms with Crippen molar-refractivity contribution < 1.29 is 33.0 Å². The number of amides is 2. The number of carbonyl (C=O) groups is 2. The van der Waals surface area contributed by atoms with Gasteiger partial charge >= 0.3 is 6.09 Å². The third-order valence-corrected chi connectivity index (χ3v) is 6.72.